The molecule has 2 atom stereocenters. The smallest absolute Gasteiger partial charge is 0.391 e. The molecule has 5 nitrogen and oxygen atoms in total. The Bertz CT molecular complexity index is 608. The van der Waals surface area contributed by atoms with Crippen molar-refractivity contribution in [2.45, 2.75) is 18.9 Å². The van der Waals surface area contributed by atoms with E-state index in [1.165, 1.54) is 12.1 Å². The van der Waals surface area contributed by atoms with Crippen LogP contribution in [-0.4, -0.2) is 10.2 Å². The first-order chi connectivity index (χ1) is 8.50. The van der Waals surface area contributed by atoms with E-state index < -0.39 is 29.4 Å². The topological polar surface area (TPSA) is 84.9 Å². The lowest BCUT2D eigenvalue weighted by Crippen LogP contribution is -2.19. The monoisotopic (exact) mass is 255 g/mol. The van der Waals surface area contributed by atoms with Crippen molar-refractivity contribution in [2.75, 3.05) is 0 Å². The maximum atomic E-state index is 13.6. The van der Waals surface area contributed by atoms with Gasteiger partial charge in [-0.1, -0.05) is 19.1 Å². The Balaban J connectivity index is 2.33. The van der Waals surface area contributed by atoms with Crippen LogP contribution in [0.25, 0.3) is 0 Å². The van der Waals surface area contributed by atoms with Gasteiger partial charge in [-0.25, -0.2) is 18.7 Å². The minimum atomic E-state index is -0.960. The number of benzene rings is 1. The summed E-state index contributed by atoms with van der Waals surface area (Å²) in [6.07, 6.45) is 0. The zero-order chi connectivity index (χ0) is 13.3. The Morgan fingerprint density at radius 2 is 2.17 bits per heavy atom. The normalized spacial score (nSPS) is 14.4. The Morgan fingerprint density at radius 3 is 2.78 bits per heavy atom. The van der Waals surface area contributed by atoms with Gasteiger partial charge in [0, 0.05) is 5.92 Å². The Labute approximate surface area is 101 Å². The average Bonchev–Trinajstić information content (AvgIpc) is 2.77. The van der Waals surface area contributed by atoms with Crippen LogP contribution in [0.4, 0.5) is 8.78 Å². The van der Waals surface area contributed by atoms with Crippen molar-refractivity contribution in [3.05, 3.63) is 51.8 Å². The van der Waals surface area contributed by atoms with Gasteiger partial charge in [0.05, 0.1) is 6.04 Å². The highest BCUT2D eigenvalue weighted by Crippen LogP contribution is 2.29. The third kappa shape index (κ3) is 2.17. The quantitative estimate of drug-likeness (QED) is 0.869. The van der Waals surface area contributed by atoms with Gasteiger partial charge in [-0.05, 0) is 11.6 Å². The first-order valence-electron chi connectivity index (χ1n) is 5.25. The highest BCUT2D eigenvalue weighted by Gasteiger charge is 2.25. The summed E-state index contributed by atoms with van der Waals surface area (Å²) in [4.78, 5) is 10.8. The van der Waals surface area contributed by atoms with E-state index in [0.29, 0.717) is 0 Å². The molecule has 2 aromatic rings. The predicted molar refractivity (Wildman–Crippen MR) is 58.8 cm³/mol. The first-order valence-corrected chi connectivity index (χ1v) is 5.25. The second kappa shape index (κ2) is 4.69. The molecule has 3 N–H and O–H groups in total. The number of H-pyrrole nitrogens is 1. The Morgan fingerprint density at radius 1 is 1.44 bits per heavy atom. The SMILES string of the molecule is CC(c1cccc(F)c1F)[C@H](N)c1n[nH]c(=O)o1. The van der Waals surface area contributed by atoms with E-state index in [0.717, 1.165) is 6.07 Å². The molecule has 1 aromatic heterocycles. The number of nitrogens with two attached hydrogens (primary N) is 1. The molecule has 96 valence electrons. The van der Waals surface area contributed by atoms with Gasteiger partial charge in [-0.2, -0.15) is 0 Å². The minimum absolute atomic E-state index is 0.0452. The molecule has 0 fully saturated rings. The molecule has 1 aromatic carbocycles. The van der Waals surface area contributed by atoms with Gasteiger partial charge in [0.25, 0.3) is 0 Å². The number of nitrogens with one attached hydrogen (secondary N) is 1. The molecular formula is C11H11F2N3O2. The van der Waals surface area contributed by atoms with Crippen LogP contribution in [0, 0.1) is 11.6 Å². The zero-order valence-electron chi connectivity index (χ0n) is 9.48. The summed E-state index contributed by atoms with van der Waals surface area (Å²) in [5.41, 5.74) is 5.90. The maximum Gasteiger partial charge on any atom is 0.434 e. The number of nitrogens with zero attached hydrogens (tertiary/aromatic N) is 1. The van der Waals surface area contributed by atoms with Crippen LogP contribution in [-0.2, 0) is 0 Å². The van der Waals surface area contributed by atoms with Crippen LogP contribution in [0.15, 0.2) is 27.4 Å². The van der Waals surface area contributed by atoms with Crippen molar-refractivity contribution >= 4 is 0 Å². The summed E-state index contributed by atoms with van der Waals surface area (Å²) in [5, 5.41) is 5.63. The lowest BCUT2D eigenvalue weighted by Gasteiger charge is -2.17. The largest absolute Gasteiger partial charge is 0.434 e. The highest BCUT2D eigenvalue weighted by atomic mass is 19.2. The summed E-state index contributed by atoms with van der Waals surface area (Å²) in [7, 11) is 0. The molecule has 0 aliphatic rings. The molecule has 0 aliphatic carbocycles. The number of aromatic amines is 1. The minimum Gasteiger partial charge on any atom is -0.391 e. The van der Waals surface area contributed by atoms with Gasteiger partial charge in [0.15, 0.2) is 11.6 Å². The standard InChI is InChI=1S/C11H11F2N3O2/c1-5(6-3-2-4-7(12)8(6)13)9(14)10-15-16-11(17)18-10/h2-5,9H,14H2,1H3,(H,16,17)/t5?,9-/m0/s1. The summed E-state index contributed by atoms with van der Waals surface area (Å²) >= 11 is 0. The maximum absolute atomic E-state index is 13.6. The molecule has 0 radical (unpaired) electrons. The number of halogens is 2. The van der Waals surface area contributed by atoms with Gasteiger partial charge >= 0.3 is 5.76 Å². The van der Waals surface area contributed by atoms with Crippen LogP contribution in [0.2, 0.25) is 0 Å². The summed E-state index contributed by atoms with van der Waals surface area (Å²) in [6.45, 7) is 1.59. The molecule has 0 spiro atoms. The van der Waals surface area contributed by atoms with Crippen molar-refractivity contribution < 1.29 is 13.2 Å². The van der Waals surface area contributed by atoms with Gasteiger partial charge in [-0.15, -0.1) is 5.10 Å². The number of hydrogen-bond acceptors (Lipinski definition) is 4. The van der Waals surface area contributed by atoms with Gasteiger partial charge in [-0.3, -0.25) is 0 Å². The van der Waals surface area contributed by atoms with Crippen LogP contribution in [0.3, 0.4) is 0 Å². The number of hydrogen-bond donors (Lipinski definition) is 2. The lowest BCUT2D eigenvalue weighted by molar-refractivity contribution is 0.393. The molecule has 0 amide bonds. The van der Waals surface area contributed by atoms with E-state index in [1.54, 1.807) is 6.92 Å². The van der Waals surface area contributed by atoms with E-state index in [-0.39, 0.29) is 11.5 Å². The summed E-state index contributed by atoms with van der Waals surface area (Å²) in [5.74, 6) is -3.29. The molecule has 18 heavy (non-hydrogen) atoms. The highest BCUT2D eigenvalue weighted by molar-refractivity contribution is 5.24. The molecule has 0 bridgehead atoms. The predicted octanol–water partition coefficient (Wildman–Crippen LogP) is 1.44. The molecule has 0 aliphatic heterocycles. The second-order valence-electron chi connectivity index (χ2n) is 3.91. The van der Waals surface area contributed by atoms with Gasteiger partial charge in [0.2, 0.25) is 5.89 Å². The molecule has 1 unspecified atom stereocenters. The average molecular weight is 255 g/mol. The lowest BCUT2D eigenvalue weighted by atomic mass is 9.93. The van der Waals surface area contributed by atoms with E-state index in [4.69, 9.17) is 10.2 Å². The molecular weight excluding hydrogens is 244 g/mol. The number of aromatic nitrogens is 2. The molecule has 7 heteroatoms. The third-order valence-corrected chi connectivity index (χ3v) is 2.75. The van der Waals surface area contributed by atoms with E-state index in [1.807, 2.05) is 0 Å². The van der Waals surface area contributed by atoms with Gasteiger partial charge in [0.1, 0.15) is 0 Å². The fraction of sp³-hybridized carbons (Fsp3) is 0.273. The van der Waals surface area contributed by atoms with Crippen molar-refractivity contribution in [3.8, 4) is 0 Å². The Kier molecular flexibility index (Phi) is 3.24. The van der Waals surface area contributed by atoms with E-state index in [2.05, 4.69) is 10.2 Å². The Hall–Kier alpha value is -2.02. The van der Waals surface area contributed by atoms with E-state index >= 15 is 0 Å². The van der Waals surface area contributed by atoms with Crippen molar-refractivity contribution in [1.82, 2.24) is 10.2 Å². The number of rotatable bonds is 3. The van der Waals surface area contributed by atoms with Crippen LogP contribution in [0.1, 0.15) is 30.3 Å². The molecule has 1 heterocycles. The molecule has 0 saturated heterocycles. The van der Waals surface area contributed by atoms with Crippen molar-refractivity contribution in [2.24, 2.45) is 5.73 Å². The second-order valence-corrected chi connectivity index (χ2v) is 3.91. The third-order valence-electron chi connectivity index (χ3n) is 2.75. The van der Waals surface area contributed by atoms with E-state index in [9.17, 15) is 13.6 Å². The molecule has 2 rings (SSSR count). The molecule has 0 saturated carbocycles. The van der Waals surface area contributed by atoms with Crippen LogP contribution >= 0.6 is 0 Å². The van der Waals surface area contributed by atoms with Crippen molar-refractivity contribution in [1.29, 1.82) is 0 Å². The fourth-order valence-corrected chi connectivity index (χ4v) is 1.66. The van der Waals surface area contributed by atoms with Gasteiger partial charge < -0.3 is 10.2 Å². The summed E-state index contributed by atoms with van der Waals surface area (Å²) in [6, 6.07) is 2.98. The first kappa shape index (κ1) is 12.4. The zero-order valence-corrected chi connectivity index (χ0v) is 9.48. The van der Waals surface area contributed by atoms with Crippen LogP contribution in [0.5, 0.6) is 0 Å². The van der Waals surface area contributed by atoms with Crippen LogP contribution < -0.4 is 11.5 Å². The fourth-order valence-electron chi connectivity index (χ4n) is 1.66. The summed E-state index contributed by atoms with van der Waals surface area (Å²) < 4.78 is 31.4. The van der Waals surface area contributed by atoms with Crippen molar-refractivity contribution in [3.63, 3.8) is 0 Å².